The molecule has 21 heavy (non-hydrogen) atoms. The standard InChI is InChI=1S/C14H21NO4S2/c1-11(16)12-4-6-13(7-5-12)21(18,19)15-10-14(2,17)8-9-20-3/h4-7,15,17H,8-10H2,1-3H3. The van der Waals surface area contributed by atoms with E-state index in [0.29, 0.717) is 12.0 Å². The Labute approximate surface area is 130 Å². The molecule has 2 N–H and O–H groups in total. The summed E-state index contributed by atoms with van der Waals surface area (Å²) in [6, 6.07) is 5.72. The summed E-state index contributed by atoms with van der Waals surface area (Å²) in [5, 5.41) is 10.1. The molecule has 0 aliphatic carbocycles. The van der Waals surface area contributed by atoms with E-state index in [1.165, 1.54) is 31.2 Å². The highest BCUT2D eigenvalue weighted by Gasteiger charge is 2.23. The molecule has 0 saturated carbocycles. The van der Waals surface area contributed by atoms with Gasteiger partial charge in [-0.05, 0) is 44.4 Å². The van der Waals surface area contributed by atoms with Crippen LogP contribution in [0.25, 0.3) is 0 Å². The number of ketones is 1. The fourth-order valence-corrected chi connectivity index (χ4v) is 3.42. The molecule has 0 radical (unpaired) electrons. The summed E-state index contributed by atoms with van der Waals surface area (Å²) in [5.41, 5.74) is -0.629. The van der Waals surface area contributed by atoms with Gasteiger partial charge < -0.3 is 5.11 Å². The molecule has 0 heterocycles. The van der Waals surface area contributed by atoms with Crippen molar-refractivity contribution in [1.82, 2.24) is 4.72 Å². The highest BCUT2D eigenvalue weighted by atomic mass is 32.2. The van der Waals surface area contributed by atoms with Crippen molar-refractivity contribution in [2.75, 3.05) is 18.6 Å². The number of nitrogens with one attached hydrogen (secondary N) is 1. The van der Waals surface area contributed by atoms with E-state index < -0.39 is 15.6 Å². The maximum Gasteiger partial charge on any atom is 0.240 e. The lowest BCUT2D eigenvalue weighted by molar-refractivity contribution is 0.0626. The molecule has 0 saturated heterocycles. The first-order valence-electron chi connectivity index (χ1n) is 6.50. The largest absolute Gasteiger partial charge is 0.389 e. The zero-order chi connectivity index (χ0) is 16.1. The van der Waals surface area contributed by atoms with Crippen LogP contribution in [0.15, 0.2) is 29.2 Å². The first-order chi connectivity index (χ1) is 9.68. The van der Waals surface area contributed by atoms with Gasteiger partial charge in [0.15, 0.2) is 5.78 Å². The summed E-state index contributed by atoms with van der Waals surface area (Å²) in [7, 11) is -3.69. The maximum atomic E-state index is 12.1. The summed E-state index contributed by atoms with van der Waals surface area (Å²) in [5.74, 6) is 0.633. The van der Waals surface area contributed by atoms with Crippen LogP contribution in [0, 0.1) is 0 Å². The SMILES string of the molecule is CSCCC(C)(O)CNS(=O)(=O)c1ccc(C(C)=O)cc1. The van der Waals surface area contributed by atoms with Gasteiger partial charge in [-0.1, -0.05) is 12.1 Å². The van der Waals surface area contributed by atoms with Crippen LogP contribution in [0.5, 0.6) is 0 Å². The molecule has 0 fully saturated rings. The average molecular weight is 331 g/mol. The number of benzene rings is 1. The topological polar surface area (TPSA) is 83.5 Å². The molecule has 1 atom stereocenters. The lowest BCUT2D eigenvalue weighted by Gasteiger charge is -2.23. The molecular weight excluding hydrogens is 310 g/mol. The molecule has 0 aliphatic heterocycles. The van der Waals surface area contributed by atoms with Gasteiger partial charge in [-0.3, -0.25) is 4.79 Å². The second-order valence-electron chi connectivity index (χ2n) is 5.14. The Hall–Kier alpha value is -0.890. The number of carbonyl (C=O) groups is 1. The summed E-state index contributed by atoms with van der Waals surface area (Å²) >= 11 is 1.59. The molecule has 7 heteroatoms. The molecule has 0 bridgehead atoms. The Morgan fingerprint density at radius 1 is 1.33 bits per heavy atom. The molecule has 0 aromatic heterocycles. The van der Waals surface area contributed by atoms with Crippen molar-refractivity contribution < 1.29 is 18.3 Å². The van der Waals surface area contributed by atoms with E-state index >= 15 is 0 Å². The Morgan fingerprint density at radius 2 is 1.90 bits per heavy atom. The third-order valence-electron chi connectivity index (χ3n) is 3.06. The lowest BCUT2D eigenvalue weighted by Crippen LogP contribution is -2.41. The van der Waals surface area contributed by atoms with Crippen LogP contribution >= 0.6 is 11.8 Å². The minimum Gasteiger partial charge on any atom is -0.389 e. The average Bonchev–Trinajstić information content (AvgIpc) is 2.43. The number of thioether (sulfide) groups is 1. The van der Waals surface area contributed by atoms with Crippen molar-refractivity contribution in [1.29, 1.82) is 0 Å². The predicted octanol–water partition coefficient (Wildman–Crippen LogP) is 1.67. The molecule has 5 nitrogen and oxygen atoms in total. The molecule has 0 aliphatic rings. The van der Waals surface area contributed by atoms with Gasteiger partial charge >= 0.3 is 0 Å². The van der Waals surface area contributed by atoms with Crippen LogP contribution in [0.1, 0.15) is 30.6 Å². The van der Waals surface area contributed by atoms with E-state index in [1.807, 2.05) is 6.26 Å². The lowest BCUT2D eigenvalue weighted by atomic mass is 10.1. The third kappa shape index (κ3) is 5.78. The van der Waals surface area contributed by atoms with Crippen molar-refractivity contribution >= 4 is 27.6 Å². The smallest absolute Gasteiger partial charge is 0.240 e. The second kappa shape index (κ2) is 7.40. The van der Waals surface area contributed by atoms with Gasteiger partial charge in [-0.25, -0.2) is 13.1 Å². The quantitative estimate of drug-likeness (QED) is 0.708. The van der Waals surface area contributed by atoms with E-state index in [-0.39, 0.29) is 17.2 Å². The summed E-state index contributed by atoms with van der Waals surface area (Å²) in [4.78, 5) is 11.2. The molecule has 118 valence electrons. The number of hydrogen-bond acceptors (Lipinski definition) is 5. The third-order valence-corrected chi connectivity index (χ3v) is 5.09. The van der Waals surface area contributed by atoms with E-state index in [9.17, 15) is 18.3 Å². The van der Waals surface area contributed by atoms with Crippen molar-refractivity contribution in [3.8, 4) is 0 Å². The normalized spacial score (nSPS) is 14.7. The van der Waals surface area contributed by atoms with Crippen LogP contribution in [0.4, 0.5) is 0 Å². The van der Waals surface area contributed by atoms with E-state index in [1.54, 1.807) is 18.7 Å². The maximum absolute atomic E-state index is 12.1. The highest BCUT2D eigenvalue weighted by Crippen LogP contribution is 2.15. The summed E-state index contributed by atoms with van der Waals surface area (Å²) < 4.78 is 26.6. The number of Topliss-reactive ketones (excluding diaryl/α,β-unsaturated/α-hetero) is 1. The Balaban J connectivity index is 2.75. The number of carbonyl (C=O) groups excluding carboxylic acids is 1. The first kappa shape index (κ1) is 18.2. The fourth-order valence-electron chi connectivity index (χ4n) is 1.61. The van der Waals surface area contributed by atoms with Crippen LogP contribution < -0.4 is 4.72 Å². The molecule has 1 unspecified atom stereocenters. The van der Waals surface area contributed by atoms with E-state index in [4.69, 9.17) is 0 Å². The second-order valence-corrected chi connectivity index (χ2v) is 7.90. The Morgan fingerprint density at radius 3 is 2.38 bits per heavy atom. The molecule has 0 spiro atoms. The molecule has 1 aromatic carbocycles. The van der Waals surface area contributed by atoms with Crippen LogP contribution in [-0.2, 0) is 10.0 Å². The van der Waals surface area contributed by atoms with Gasteiger partial charge in [0.1, 0.15) is 0 Å². The van der Waals surface area contributed by atoms with Crippen LogP contribution in [-0.4, -0.2) is 43.5 Å². The first-order valence-corrected chi connectivity index (χ1v) is 9.38. The minimum absolute atomic E-state index is 0.0512. The monoisotopic (exact) mass is 331 g/mol. The number of hydrogen-bond donors (Lipinski definition) is 2. The van der Waals surface area contributed by atoms with Crippen molar-refractivity contribution in [2.45, 2.75) is 30.8 Å². The molecular formula is C14H21NO4S2. The van der Waals surface area contributed by atoms with Crippen LogP contribution in [0.2, 0.25) is 0 Å². The van der Waals surface area contributed by atoms with Gasteiger partial charge in [0.25, 0.3) is 0 Å². The number of rotatable bonds is 8. The van der Waals surface area contributed by atoms with Crippen molar-refractivity contribution in [3.63, 3.8) is 0 Å². The van der Waals surface area contributed by atoms with Gasteiger partial charge in [-0.15, -0.1) is 0 Å². The van der Waals surface area contributed by atoms with Gasteiger partial charge in [0.05, 0.1) is 10.5 Å². The van der Waals surface area contributed by atoms with Gasteiger partial charge in [-0.2, -0.15) is 11.8 Å². The van der Waals surface area contributed by atoms with E-state index in [0.717, 1.165) is 5.75 Å². The van der Waals surface area contributed by atoms with E-state index in [2.05, 4.69) is 4.72 Å². The highest BCUT2D eigenvalue weighted by molar-refractivity contribution is 7.98. The number of aliphatic hydroxyl groups is 1. The Bertz CT molecular complexity index is 579. The summed E-state index contributed by atoms with van der Waals surface area (Å²) in [6.45, 7) is 2.97. The zero-order valence-electron chi connectivity index (χ0n) is 12.4. The van der Waals surface area contributed by atoms with Gasteiger partial charge in [0.2, 0.25) is 10.0 Å². The van der Waals surface area contributed by atoms with Crippen molar-refractivity contribution in [2.24, 2.45) is 0 Å². The molecule has 0 amide bonds. The van der Waals surface area contributed by atoms with Gasteiger partial charge in [0, 0.05) is 12.1 Å². The number of sulfonamides is 1. The minimum atomic E-state index is -3.69. The van der Waals surface area contributed by atoms with Crippen LogP contribution in [0.3, 0.4) is 0 Å². The molecule has 1 aromatic rings. The molecule has 1 rings (SSSR count). The zero-order valence-corrected chi connectivity index (χ0v) is 14.1. The predicted molar refractivity (Wildman–Crippen MR) is 85.3 cm³/mol. The Kier molecular flexibility index (Phi) is 6.40. The van der Waals surface area contributed by atoms with Crippen molar-refractivity contribution in [3.05, 3.63) is 29.8 Å². The summed E-state index contributed by atoms with van der Waals surface area (Å²) in [6.07, 6.45) is 2.43. The fraction of sp³-hybridized carbons (Fsp3) is 0.500.